The van der Waals surface area contributed by atoms with Crippen LogP contribution in [0.2, 0.25) is 0 Å². The SMILES string of the molecule is CN(C)[C@@H]1C(=O)C(C(N)=O)=C(O)[C@@]2(O)C(=O)C3=C(O)c4c(O)c(CS(C)=O)cc(-c5ccccn5)c4C[C@H]3C[C@@H]12. The molecular weight excluding hydrogens is 538 g/mol. The molecule has 210 valence electrons. The van der Waals surface area contributed by atoms with Gasteiger partial charge in [0.2, 0.25) is 5.78 Å². The van der Waals surface area contributed by atoms with Crippen LogP contribution in [0.15, 0.2) is 47.4 Å². The smallest absolute Gasteiger partial charge is 0.255 e. The third kappa shape index (κ3) is 3.89. The van der Waals surface area contributed by atoms with Gasteiger partial charge < -0.3 is 26.2 Å². The number of phenols is 1. The highest BCUT2D eigenvalue weighted by Crippen LogP contribution is 2.54. The van der Waals surface area contributed by atoms with Crippen molar-refractivity contribution in [1.29, 1.82) is 0 Å². The highest BCUT2D eigenvalue weighted by molar-refractivity contribution is 7.83. The van der Waals surface area contributed by atoms with Gasteiger partial charge in [0.15, 0.2) is 11.4 Å². The molecule has 1 fully saturated rings. The number of benzene rings is 1. The number of pyridine rings is 1. The van der Waals surface area contributed by atoms with E-state index in [1.807, 2.05) is 0 Å². The molecule has 6 N–H and O–H groups in total. The number of carbonyl (C=O) groups is 3. The third-order valence-corrected chi connectivity index (χ3v) is 8.82. The molecule has 1 amide bonds. The second-order valence-electron chi connectivity index (χ2n) is 10.7. The Bertz CT molecular complexity index is 1560. The van der Waals surface area contributed by atoms with Crippen LogP contribution >= 0.6 is 0 Å². The van der Waals surface area contributed by atoms with Gasteiger partial charge in [-0.2, -0.15) is 0 Å². The maximum Gasteiger partial charge on any atom is 0.255 e. The van der Waals surface area contributed by atoms with Gasteiger partial charge in [-0.3, -0.25) is 28.5 Å². The van der Waals surface area contributed by atoms with E-state index in [1.54, 1.807) is 44.6 Å². The molecule has 12 heteroatoms. The predicted molar refractivity (Wildman–Crippen MR) is 145 cm³/mol. The average molecular weight is 568 g/mol. The fraction of sp³-hybridized carbons (Fsp3) is 0.357. The van der Waals surface area contributed by atoms with Crippen LogP contribution < -0.4 is 5.73 Å². The molecule has 1 heterocycles. The molecule has 2 aromatic rings. The molecule has 1 saturated carbocycles. The number of rotatable bonds is 5. The third-order valence-electron chi connectivity index (χ3n) is 8.10. The number of phenolic OH excluding ortho intramolecular Hbond substituents is 1. The molecule has 0 saturated heterocycles. The summed E-state index contributed by atoms with van der Waals surface area (Å²) in [4.78, 5) is 45.3. The number of aromatic hydroxyl groups is 1. The Labute approximate surface area is 232 Å². The standard InChI is InChI=1S/C28H29N3O8S/c1-31(2)21-16-10-12-8-15-14(17-6-4-5-7-30-17)9-13(11-40(3)39)22(32)19(15)23(33)18(12)25(35)28(16,38)26(36)20(24(21)34)27(29)37/h4-7,9,12,16,21,32-33,36,38H,8,10-11H2,1-3H3,(H2,29,37)/t12-,16-,21-,28-,40?/m0/s1. The van der Waals surface area contributed by atoms with Crippen molar-refractivity contribution >= 4 is 34.0 Å². The van der Waals surface area contributed by atoms with Crippen molar-refractivity contribution < 1.29 is 39.0 Å². The molecule has 11 nitrogen and oxygen atoms in total. The lowest BCUT2D eigenvalue weighted by atomic mass is 9.57. The summed E-state index contributed by atoms with van der Waals surface area (Å²) in [5.74, 6) is -7.22. The first-order valence-electron chi connectivity index (χ1n) is 12.5. The van der Waals surface area contributed by atoms with Gasteiger partial charge in [0.05, 0.1) is 23.1 Å². The number of amides is 1. The number of aliphatic hydroxyl groups is 3. The fourth-order valence-electron chi connectivity index (χ4n) is 6.45. The van der Waals surface area contributed by atoms with Crippen molar-refractivity contribution in [3.8, 4) is 17.0 Å². The van der Waals surface area contributed by atoms with Gasteiger partial charge in [0.25, 0.3) is 5.91 Å². The van der Waals surface area contributed by atoms with Crippen molar-refractivity contribution in [2.45, 2.75) is 30.2 Å². The van der Waals surface area contributed by atoms with Gasteiger partial charge in [-0.05, 0) is 56.6 Å². The van der Waals surface area contributed by atoms with Crippen LogP contribution in [0.4, 0.5) is 0 Å². The minimum Gasteiger partial charge on any atom is -0.508 e. The molecule has 1 aromatic heterocycles. The van der Waals surface area contributed by atoms with Gasteiger partial charge in [0.1, 0.15) is 22.8 Å². The fourth-order valence-corrected chi connectivity index (χ4v) is 7.10. The second-order valence-corrected chi connectivity index (χ2v) is 12.1. The van der Waals surface area contributed by atoms with E-state index in [0.717, 1.165) is 0 Å². The number of nitrogens with zero attached hydrogens (tertiary/aromatic N) is 2. The van der Waals surface area contributed by atoms with E-state index in [0.29, 0.717) is 16.8 Å². The number of likely N-dealkylation sites (N-methyl/N-ethyl adjacent to an activating group) is 1. The Hall–Kier alpha value is -3.87. The molecule has 0 aliphatic heterocycles. The van der Waals surface area contributed by atoms with Gasteiger partial charge in [-0.15, -0.1) is 0 Å². The number of ketones is 2. The summed E-state index contributed by atoms with van der Waals surface area (Å²) in [7, 11) is 1.73. The number of hydrogen-bond acceptors (Lipinski definition) is 10. The molecule has 1 unspecified atom stereocenters. The Kier molecular flexibility index (Phi) is 6.68. The Balaban J connectivity index is 1.79. The van der Waals surface area contributed by atoms with E-state index in [2.05, 4.69) is 4.98 Å². The maximum absolute atomic E-state index is 14.0. The van der Waals surface area contributed by atoms with E-state index < -0.39 is 68.8 Å². The molecule has 40 heavy (non-hydrogen) atoms. The van der Waals surface area contributed by atoms with E-state index in [9.17, 15) is 39.0 Å². The largest absolute Gasteiger partial charge is 0.508 e. The minimum atomic E-state index is -2.72. The Morgan fingerprint density at radius 3 is 2.50 bits per heavy atom. The second kappa shape index (κ2) is 9.65. The number of nitrogens with two attached hydrogens (primary N) is 1. The molecule has 3 aliphatic carbocycles. The van der Waals surface area contributed by atoms with Crippen LogP contribution in [0.25, 0.3) is 17.0 Å². The first kappa shape index (κ1) is 27.7. The molecule has 3 aliphatic rings. The van der Waals surface area contributed by atoms with Crippen molar-refractivity contribution in [2.75, 3.05) is 20.4 Å². The number of fused-ring (bicyclic) bond motifs is 3. The Morgan fingerprint density at radius 2 is 1.93 bits per heavy atom. The van der Waals surface area contributed by atoms with Crippen molar-refractivity contribution in [2.24, 2.45) is 17.6 Å². The summed E-state index contributed by atoms with van der Waals surface area (Å²) >= 11 is 0. The van der Waals surface area contributed by atoms with E-state index in [4.69, 9.17) is 5.73 Å². The quantitative estimate of drug-likeness (QED) is 0.324. The van der Waals surface area contributed by atoms with Gasteiger partial charge in [-0.1, -0.05) is 6.07 Å². The molecule has 0 spiro atoms. The molecule has 1 aromatic carbocycles. The number of aliphatic hydroxyl groups excluding tert-OH is 2. The van der Waals surface area contributed by atoms with Crippen LogP contribution in [-0.4, -0.2) is 84.0 Å². The summed E-state index contributed by atoms with van der Waals surface area (Å²) in [5, 5.41) is 45.5. The number of hydrogen-bond donors (Lipinski definition) is 5. The lowest BCUT2D eigenvalue weighted by molar-refractivity contribution is -0.153. The van der Waals surface area contributed by atoms with Gasteiger partial charge in [0, 0.05) is 45.9 Å². The zero-order valence-electron chi connectivity index (χ0n) is 22.0. The van der Waals surface area contributed by atoms with Crippen LogP contribution in [0, 0.1) is 11.8 Å². The highest BCUT2D eigenvalue weighted by Gasteiger charge is 2.64. The molecule has 0 bridgehead atoms. The van der Waals surface area contributed by atoms with Crippen molar-refractivity contribution in [3.63, 3.8) is 0 Å². The topological polar surface area (TPSA) is 191 Å². The van der Waals surface area contributed by atoms with E-state index in [1.165, 1.54) is 11.2 Å². The first-order valence-corrected chi connectivity index (χ1v) is 14.3. The first-order chi connectivity index (χ1) is 18.8. The van der Waals surface area contributed by atoms with Gasteiger partial charge >= 0.3 is 0 Å². The minimum absolute atomic E-state index is 0.0189. The van der Waals surface area contributed by atoms with Crippen LogP contribution in [-0.2, 0) is 37.4 Å². The summed E-state index contributed by atoms with van der Waals surface area (Å²) < 4.78 is 12.1. The summed E-state index contributed by atoms with van der Waals surface area (Å²) in [6, 6.07) is 5.75. The molecule has 5 rings (SSSR count). The average Bonchev–Trinajstić information content (AvgIpc) is 2.87. The summed E-state index contributed by atoms with van der Waals surface area (Å²) in [6.07, 6.45) is 3.16. The summed E-state index contributed by atoms with van der Waals surface area (Å²) in [6.45, 7) is 0. The lowest BCUT2D eigenvalue weighted by Crippen LogP contribution is -2.65. The van der Waals surface area contributed by atoms with E-state index >= 15 is 0 Å². The Morgan fingerprint density at radius 1 is 1.23 bits per heavy atom. The van der Waals surface area contributed by atoms with Gasteiger partial charge in [-0.25, -0.2) is 0 Å². The zero-order valence-corrected chi connectivity index (χ0v) is 22.9. The molecule has 0 radical (unpaired) electrons. The number of aromatic nitrogens is 1. The molecule has 5 atom stereocenters. The monoisotopic (exact) mass is 567 g/mol. The van der Waals surface area contributed by atoms with E-state index in [-0.39, 0.29) is 41.0 Å². The number of primary amides is 1. The maximum atomic E-state index is 14.0. The highest BCUT2D eigenvalue weighted by atomic mass is 32.2. The predicted octanol–water partition coefficient (Wildman–Crippen LogP) is 0.905. The van der Waals surface area contributed by atoms with Crippen LogP contribution in [0.3, 0.4) is 0 Å². The number of carbonyl (C=O) groups excluding carboxylic acids is 3. The number of Topliss-reactive ketones (excluding diaryl/α,β-unsaturated/α-hetero) is 2. The van der Waals surface area contributed by atoms with Crippen molar-refractivity contribution in [1.82, 2.24) is 9.88 Å². The van der Waals surface area contributed by atoms with Crippen molar-refractivity contribution in [3.05, 3.63) is 64.1 Å². The molecular formula is C28H29N3O8S. The normalized spacial score (nSPS) is 26.9. The zero-order chi connectivity index (χ0) is 29.3. The van der Waals surface area contributed by atoms with Crippen LogP contribution in [0.5, 0.6) is 5.75 Å². The van der Waals surface area contributed by atoms with Crippen LogP contribution in [0.1, 0.15) is 23.1 Å². The lowest BCUT2D eigenvalue weighted by Gasteiger charge is -2.50. The summed E-state index contributed by atoms with van der Waals surface area (Å²) in [5.41, 5.74) is 3.33.